The molecular formula is C24H26N4O5S. The quantitative estimate of drug-likeness (QED) is 0.355. The molecule has 9 nitrogen and oxygen atoms in total. The Kier molecular flexibility index (Phi) is 5.55. The van der Waals surface area contributed by atoms with Crippen molar-refractivity contribution in [1.29, 1.82) is 0 Å². The number of carbonyl (C=O) groups excluding carboxylic acids is 1. The molecule has 3 heterocycles. The Morgan fingerprint density at radius 2 is 1.97 bits per heavy atom. The molecule has 0 aliphatic heterocycles. The standard InChI is InChI=1S/C24H26N4O5S/c1-32-20-13-17(24(29)33-2)11-18-21(20)27(9-10-34(3,30)31)23(26-18)19-12-16-5-4-8-25-22(16)28(19)14-15-6-7-15/h4-5,8,11-13,15H,6-7,9-10,14H2,1-3H3. The maximum absolute atomic E-state index is 12.2. The van der Waals surface area contributed by atoms with E-state index in [9.17, 15) is 13.2 Å². The molecule has 10 heteroatoms. The van der Waals surface area contributed by atoms with Gasteiger partial charge in [0.1, 0.15) is 26.8 Å². The topological polar surface area (TPSA) is 105 Å². The summed E-state index contributed by atoms with van der Waals surface area (Å²) in [7, 11) is -0.410. The van der Waals surface area contributed by atoms with Crippen molar-refractivity contribution in [3.63, 3.8) is 0 Å². The van der Waals surface area contributed by atoms with Crippen LogP contribution in [0.4, 0.5) is 0 Å². The molecule has 178 valence electrons. The van der Waals surface area contributed by atoms with E-state index >= 15 is 0 Å². The van der Waals surface area contributed by atoms with Crippen LogP contribution in [0.3, 0.4) is 0 Å². The van der Waals surface area contributed by atoms with Gasteiger partial charge < -0.3 is 18.6 Å². The van der Waals surface area contributed by atoms with Crippen molar-refractivity contribution in [2.24, 2.45) is 5.92 Å². The number of ether oxygens (including phenoxy) is 2. The summed E-state index contributed by atoms with van der Waals surface area (Å²) in [4.78, 5) is 21.7. The molecule has 1 fully saturated rings. The Balaban J connectivity index is 1.78. The van der Waals surface area contributed by atoms with Crippen molar-refractivity contribution in [3.8, 4) is 17.3 Å². The molecule has 1 aromatic carbocycles. The average molecular weight is 483 g/mol. The molecule has 3 aromatic heterocycles. The maximum atomic E-state index is 12.2. The minimum atomic E-state index is -3.24. The maximum Gasteiger partial charge on any atom is 0.338 e. The minimum Gasteiger partial charge on any atom is -0.494 e. The van der Waals surface area contributed by atoms with Crippen molar-refractivity contribution in [1.82, 2.24) is 19.1 Å². The summed E-state index contributed by atoms with van der Waals surface area (Å²) in [5, 5.41) is 0.988. The SMILES string of the molecule is COC(=O)c1cc(OC)c2c(c1)nc(-c1cc3cccnc3n1CC1CC1)n2CCS(C)(=O)=O. The van der Waals surface area contributed by atoms with Gasteiger partial charge in [0.15, 0.2) is 5.82 Å². The number of nitrogens with zero attached hydrogens (tertiary/aromatic N) is 4. The van der Waals surface area contributed by atoms with E-state index in [1.54, 1.807) is 18.3 Å². The van der Waals surface area contributed by atoms with Gasteiger partial charge in [0.25, 0.3) is 0 Å². The Bertz CT molecular complexity index is 1520. The third-order valence-electron chi connectivity index (χ3n) is 6.16. The second-order valence-corrected chi connectivity index (χ2v) is 11.0. The highest BCUT2D eigenvalue weighted by atomic mass is 32.2. The van der Waals surface area contributed by atoms with Crippen molar-refractivity contribution in [2.75, 3.05) is 26.2 Å². The number of sulfone groups is 1. The van der Waals surface area contributed by atoms with Crippen LogP contribution in [0.5, 0.6) is 5.75 Å². The van der Waals surface area contributed by atoms with E-state index in [1.165, 1.54) is 33.3 Å². The van der Waals surface area contributed by atoms with Gasteiger partial charge in [0.2, 0.25) is 0 Å². The normalized spacial score (nSPS) is 14.1. The number of methoxy groups -OCH3 is 2. The molecule has 1 saturated carbocycles. The Labute approximate surface area is 197 Å². The number of esters is 1. The summed E-state index contributed by atoms with van der Waals surface area (Å²) < 4.78 is 38.7. The molecular weight excluding hydrogens is 456 g/mol. The summed E-state index contributed by atoms with van der Waals surface area (Å²) >= 11 is 0. The van der Waals surface area contributed by atoms with Gasteiger partial charge in [-0.3, -0.25) is 0 Å². The molecule has 0 radical (unpaired) electrons. The van der Waals surface area contributed by atoms with Gasteiger partial charge >= 0.3 is 5.97 Å². The number of hydrogen-bond donors (Lipinski definition) is 0. The zero-order valence-electron chi connectivity index (χ0n) is 19.3. The summed E-state index contributed by atoms with van der Waals surface area (Å²) in [5.74, 6) is 1.06. The predicted octanol–water partition coefficient (Wildman–Crippen LogP) is 3.30. The number of benzene rings is 1. The molecule has 0 saturated heterocycles. The molecule has 0 atom stereocenters. The first-order chi connectivity index (χ1) is 16.3. The molecule has 0 unspecified atom stereocenters. The Hall–Kier alpha value is -3.40. The lowest BCUT2D eigenvalue weighted by molar-refractivity contribution is 0.0600. The number of aromatic nitrogens is 4. The van der Waals surface area contributed by atoms with Crippen LogP contribution in [0.25, 0.3) is 33.6 Å². The van der Waals surface area contributed by atoms with Gasteiger partial charge in [0.05, 0.1) is 36.7 Å². The second kappa shape index (κ2) is 8.43. The predicted molar refractivity (Wildman–Crippen MR) is 129 cm³/mol. The largest absolute Gasteiger partial charge is 0.494 e. The van der Waals surface area contributed by atoms with E-state index in [2.05, 4.69) is 9.55 Å². The van der Waals surface area contributed by atoms with Gasteiger partial charge in [-0.05, 0) is 49.1 Å². The number of hydrogen-bond acceptors (Lipinski definition) is 7. The van der Waals surface area contributed by atoms with Crippen molar-refractivity contribution in [2.45, 2.75) is 25.9 Å². The van der Waals surface area contributed by atoms with Gasteiger partial charge in [-0.1, -0.05) is 0 Å². The number of pyridine rings is 1. The molecule has 0 N–H and O–H groups in total. The van der Waals surface area contributed by atoms with Crippen LogP contribution in [0, 0.1) is 5.92 Å². The molecule has 4 aromatic rings. The first-order valence-electron chi connectivity index (χ1n) is 11.1. The highest BCUT2D eigenvalue weighted by molar-refractivity contribution is 7.90. The van der Waals surface area contributed by atoms with E-state index in [4.69, 9.17) is 14.5 Å². The number of rotatable bonds is 8. The van der Waals surface area contributed by atoms with E-state index in [0.29, 0.717) is 34.1 Å². The second-order valence-electron chi connectivity index (χ2n) is 8.75. The van der Waals surface area contributed by atoms with Gasteiger partial charge in [-0.15, -0.1) is 0 Å². The first kappa shape index (κ1) is 22.4. The smallest absolute Gasteiger partial charge is 0.338 e. The third-order valence-corrected chi connectivity index (χ3v) is 7.08. The van der Waals surface area contributed by atoms with E-state index < -0.39 is 15.8 Å². The fourth-order valence-corrected chi connectivity index (χ4v) is 4.82. The lowest BCUT2D eigenvalue weighted by Crippen LogP contribution is -2.14. The fourth-order valence-electron chi connectivity index (χ4n) is 4.31. The van der Waals surface area contributed by atoms with Gasteiger partial charge in [-0.25, -0.2) is 23.2 Å². The van der Waals surface area contributed by atoms with E-state index in [-0.39, 0.29) is 12.3 Å². The minimum absolute atomic E-state index is 0.0610. The number of fused-ring (bicyclic) bond motifs is 2. The fraction of sp³-hybridized carbons (Fsp3) is 0.375. The summed E-state index contributed by atoms with van der Waals surface area (Å²) in [6, 6.07) is 9.19. The Morgan fingerprint density at radius 1 is 1.18 bits per heavy atom. The van der Waals surface area contributed by atoms with Crippen LogP contribution in [0.1, 0.15) is 23.2 Å². The molecule has 5 rings (SSSR count). The summed E-state index contributed by atoms with van der Waals surface area (Å²) in [6.07, 6.45) is 5.33. The zero-order valence-corrected chi connectivity index (χ0v) is 20.1. The summed E-state index contributed by atoms with van der Waals surface area (Å²) in [5.41, 5.74) is 3.19. The highest BCUT2D eigenvalue weighted by Gasteiger charge is 2.27. The van der Waals surface area contributed by atoms with Crippen LogP contribution in [-0.2, 0) is 27.7 Å². The number of carbonyl (C=O) groups is 1. The summed E-state index contributed by atoms with van der Waals surface area (Å²) in [6.45, 7) is 1.01. The molecule has 0 amide bonds. The van der Waals surface area contributed by atoms with Gasteiger partial charge in [0, 0.05) is 30.9 Å². The van der Waals surface area contributed by atoms with Crippen LogP contribution in [-0.4, -0.2) is 59.7 Å². The number of imidazole rings is 1. The zero-order chi connectivity index (χ0) is 24.0. The molecule has 1 aliphatic carbocycles. The van der Waals surface area contributed by atoms with E-state index in [0.717, 1.165) is 23.3 Å². The first-order valence-corrected chi connectivity index (χ1v) is 13.1. The molecule has 34 heavy (non-hydrogen) atoms. The van der Waals surface area contributed by atoms with Gasteiger partial charge in [-0.2, -0.15) is 0 Å². The average Bonchev–Trinajstić information content (AvgIpc) is 3.46. The van der Waals surface area contributed by atoms with Crippen molar-refractivity contribution in [3.05, 3.63) is 42.1 Å². The van der Waals surface area contributed by atoms with Crippen LogP contribution in [0.2, 0.25) is 0 Å². The van der Waals surface area contributed by atoms with Crippen molar-refractivity contribution >= 4 is 37.9 Å². The van der Waals surface area contributed by atoms with Crippen LogP contribution >= 0.6 is 0 Å². The van der Waals surface area contributed by atoms with Crippen LogP contribution < -0.4 is 4.74 Å². The third kappa shape index (κ3) is 4.13. The molecule has 1 aliphatic rings. The Morgan fingerprint density at radius 3 is 2.65 bits per heavy atom. The monoisotopic (exact) mass is 482 g/mol. The highest BCUT2D eigenvalue weighted by Crippen LogP contribution is 2.38. The van der Waals surface area contributed by atoms with Crippen LogP contribution in [0.15, 0.2) is 36.5 Å². The van der Waals surface area contributed by atoms with Crippen molar-refractivity contribution < 1.29 is 22.7 Å². The molecule has 0 spiro atoms. The molecule has 0 bridgehead atoms. The lowest BCUT2D eigenvalue weighted by atomic mass is 10.2. The number of aryl methyl sites for hydroxylation is 1. The van der Waals surface area contributed by atoms with E-state index in [1.807, 2.05) is 22.8 Å². The lowest BCUT2D eigenvalue weighted by Gasteiger charge is -2.13.